The van der Waals surface area contributed by atoms with E-state index in [1.165, 1.54) is 18.9 Å². The topological polar surface area (TPSA) is 41.1 Å². The standard InChI is InChI=1S/C17H22BrFN2O/c18-15-9-11(1-4-16(15)19)5-6-20-17(22)10-12-7-13-2-3-14(8-12)21-13/h1,4,9,12-14,21H,2-3,5-8,10H2,(H,20,22). The van der Waals surface area contributed by atoms with Crippen LogP contribution in [0.5, 0.6) is 0 Å². The maximum absolute atomic E-state index is 13.2. The number of halogens is 2. The molecule has 1 aromatic rings. The lowest BCUT2D eigenvalue weighted by Gasteiger charge is -2.28. The Balaban J connectivity index is 1.40. The van der Waals surface area contributed by atoms with Crippen LogP contribution in [-0.2, 0) is 11.2 Å². The van der Waals surface area contributed by atoms with Gasteiger partial charge in [-0.2, -0.15) is 0 Å². The van der Waals surface area contributed by atoms with Gasteiger partial charge in [0.05, 0.1) is 4.47 Å². The number of hydrogen-bond donors (Lipinski definition) is 2. The molecule has 0 saturated carbocycles. The first-order chi connectivity index (χ1) is 10.6. The molecule has 2 fully saturated rings. The van der Waals surface area contributed by atoms with Gasteiger partial charge in [0.2, 0.25) is 5.91 Å². The molecule has 2 bridgehead atoms. The molecule has 3 nitrogen and oxygen atoms in total. The molecule has 1 aromatic carbocycles. The number of rotatable bonds is 5. The van der Waals surface area contributed by atoms with Crippen molar-refractivity contribution in [2.75, 3.05) is 6.54 Å². The Morgan fingerprint density at radius 1 is 1.32 bits per heavy atom. The van der Waals surface area contributed by atoms with Crippen LogP contribution >= 0.6 is 15.9 Å². The number of carbonyl (C=O) groups is 1. The molecule has 120 valence electrons. The molecular formula is C17H22BrFN2O. The molecule has 22 heavy (non-hydrogen) atoms. The van der Waals surface area contributed by atoms with Gasteiger partial charge in [-0.1, -0.05) is 6.07 Å². The minimum atomic E-state index is -0.256. The summed E-state index contributed by atoms with van der Waals surface area (Å²) in [6.45, 7) is 0.606. The molecule has 2 heterocycles. The van der Waals surface area contributed by atoms with Gasteiger partial charge in [0.15, 0.2) is 0 Å². The largest absolute Gasteiger partial charge is 0.356 e. The highest BCUT2D eigenvalue weighted by atomic mass is 79.9. The molecule has 0 spiro atoms. The fourth-order valence-corrected chi connectivity index (χ4v) is 4.14. The van der Waals surface area contributed by atoms with Crippen LogP contribution in [0.25, 0.3) is 0 Å². The second kappa shape index (κ2) is 7.09. The van der Waals surface area contributed by atoms with E-state index in [0.29, 0.717) is 35.4 Å². The Bertz CT molecular complexity index is 539. The first-order valence-corrected chi connectivity index (χ1v) is 8.86. The fourth-order valence-electron chi connectivity index (χ4n) is 3.72. The number of nitrogens with one attached hydrogen (secondary N) is 2. The van der Waals surface area contributed by atoms with Crippen LogP contribution in [-0.4, -0.2) is 24.5 Å². The highest BCUT2D eigenvalue weighted by Crippen LogP contribution is 2.32. The summed E-state index contributed by atoms with van der Waals surface area (Å²) < 4.78 is 13.6. The normalized spacial score (nSPS) is 26.9. The van der Waals surface area contributed by atoms with E-state index in [-0.39, 0.29) is 11.7 Å². The summed E-state index contributed by atoms with van der Waals surface area (Å²) in [7, 11) is 0. The molecule has 2 aliphatic rings. The lowest BCUT2D eigenvalue weighted by Crippen LogP contribution is -2.39. The van der Waals surface area contributed by atoms with Crippen molar-refractivity contribution in [1.29, 1.82) is 0 Å². The molecule has 2 unspecified atom stereocenters. The predicted octanol–water partition coefficient (Wildman–Crippen LogP) is 3.17. The molecule has 5 heteroatoms. The first kappa shape index (κ1) is 15.9. The second-order valence-corrected chi connectivity index (χ2v) is 7.38. The molecular weight excluding hydrogens is 347 g/mol. The van der Waals surface area contributed by atoms with Gasteiger partial charge in [0.1, 0.15) is 5.82 Å². The van der Waals surface area contributed by atoms with E-state index >= 15 is 0 Å². The van der Waals surface area contributed by atoms with Crippen molar-refractivity contribution in [2.24, 2.45) is 5.92 Å². The number of fused-ring (bicyclic) bond motifs is 2. The smallest absolute Gasteiger partial charge is 0.220 e. The third kappa shape index (κ3) is 4.07. The van der Waals surface area contributed by atoms with Crippen molar-refractivity contribution in [1.82, 2.24) is 10.6 Å². The van der Waals surface area contributed by atoms with Gasteiger partial charge in [-0.15, -0.1) is 0 Å². The number of piperidine rings is 1. The summed E-state index contributed by atoms with van der Waals surface area (Å²) in [6, 6.07) is 6.25. The Kier molecular flexibility index (Phi) is 5.14. The van der Waals surface area contributed by atoms with Crippen LogP contribution in [0.1, 0.15) is 37.7 Å². The SMILES string of the molecule is O=C(CC1CC2CCC(C1)N2)NCCc1ccc(F)c(Br)c1. The van der Waals surface area contributed by atoms with Crippen LogP contribution in [0.2, 0.25) is 0 Å². The number of amides is 1. The van der Waals surface area contributed by atoms with Crippen molar-refractivity contribution in [2.45, 2.75) is 50.6 Å². The van der Waals surface area contributed by atoms with Crippen molar-refractivity contribution < 1.29 is 9.18 Å². The third-order valence-corrected chi connectivity index (χ3v) is 5.37. The maximum Gasteiger partial charge on any atom is 0.220 e. The zero-order valence-corrected chi connectivity index (χ0v) is 14.2. The monoisotopic (exact) mass is 368 g/mol. The third-order valence-electron chi connectivity index (χ3n) is 4.76. The second-order valence-electron chi connectivity index (χ2n) is 6.53. The van der Waals surface area contributed by atoms with Crippen molar-refractivity contribution in [3.63, 3.8) is 0 Å². The molecule has 0 aromatic heterocycles. The van der Waals surface area contributed by atoms with Gasteiger partial charge < -0.3 is 10.6 Å². The van der Waals surface area contributed by atoms with Crippen LogP contribution < -0.4 is 10.6 Å². The average molecular weight is 369 g/mol. The minimum absolute atomic E-state index is 0.146. The molecule has 2 saturated heterocycles. The molecule has 1 amide bonds. The van der Waals surface area contributed by atoms with E-state index in [1.807, 2.05) is 0 Å². The summed E-state index contributed by atoms with van der Waals surface area (Å²) in [5, 5.41) is 6.60. The van der Waals surface area contributed by atoms with Crippen molar-refractivity contribution >= 4 is 21.8 Å². The van der Waals surface area contributed by atoms with Crippen LogP contribution in [0, 0.1) is 11.7 Å². The van der Waals surface area contributed by atoms with E-state index in [9.17, 15) is 9.18 Å². The zero-order valence-electron chi connectivity index (χ0n) is 12.6. The molecule has 0 radical (unpaired) electrons. The van der Waals surface area contributed by atoms with Crippen LogP contribution in [0.4, 0.5) is 4.39 Å². The van der Waals surface area contributed by atoms with E-state index in [2.05, 4.69) is 26.6 Å². The van der Waals surface area contributed by atoms with Gasteiger partial charge in [0, 0.05) is 25.0 Å². The molecule has 2 N–H and O–H groups in total. The van der Waals surface area contributed by atoms with Crippen LogP contribution in [0.15, 0.2) is 22.7 Å². The molecule has 2 atom stereocenters. The quantitative estimate of drug-likeness (QED) is 0.837. The maximum atomic E-state index is 13.2. The van der Waals surface area contributed by atoms with E-state index < -0.39 is 0 Å². The molecule has 3 rings (SSSR count). The highest BCUT2D eigenvalue weighted by Gasteiger charge is 2.33. The zero-order chi connectivity index (χ0) is 15.5. The molecule has 2 aliphatic heterocycles. The Labute approximate surface area is 139 Å². The minimum Gasteiger partial charge on any atom is -0.356 e. The lowest BCUT2D eigenvalue weighted by molar-refractivity contribution is -0.122. The lowest BCUT2D eigenvalue weighted by atomic mass is 9.89. The average Bonchev–Trinajstić information content (AvgIpc) is 2.82. The van der Waals surface area contributed by atoms with E-state index in [0.717, 1.165) is 24.8 Å². The summed E-state index contributed by atoms with van der Waals surface area (Å²) in [4.78, 5) is 12.1. The number of benzene rings is 1. The summed E-state index contributed by atoms with van der Waals surface area (Å²) in [6.07, 6.45) is 6.16. The van der Waals surface area contributed by atoms with E-state index in [4.69, 9.17) is 0 Å². The highest BCUT2D eigenvalue weighted by molar-refractivity contribution is 9.10. The Morgan fingerprint density at radius 3 is 2.73 bits per heavy atom. The number of carbonyl (C=O) groups excluding carboxylic acids is 1. The fraction of sp³-hybridized carbons (Fsp3) is 0.588. The van der Waals surface area contributed by atoms with Crippen molar-refractivity contribution in [3.8, 4) is 0 Å². The van der Waals surface area contributed by atoms with E-state index in [1.54, 1.807) is 12.1 Å². The predicted molar refractivity (Wildman–Crippen MR) is 88.1 cm³/mol. The van der Waals surface area contributed by atoms with Crippen LogP contribution in [0.3, 0.4) is 0 Å². The Hall–Kier alpha value is -0.940. The number of hydrogen-bond acceptors (Lipinski definition) is 2. The summed E-state index contributed by atoms with van der Waals surface area (Å²) in [5.74, 6) is 0.416. The van der Waals surface area contributed by atoms with Gasteiger partial charge in [-0.3, -0.25) is 4.79 Å². The summed E-state index contributed by atoms with van der Waals surface area (Å²) >= 11 is 3.18. The van der Waals surface area contributed by atoms with Gasteiger partial charge in [0.25, 0.3) is 0 Å². The summed E-state index contributed by atoms with van der Waals surface area (Å²) in [5.41, 5.74) is 1.02. The van der Waals surface area contributed by atoms with Gasteiger partial charge >= 0.3 is 0 Å². The Morgan fingerprint density at radius 2 is 2.05 bits per heavy atom. The first-order valence-electron chi connectivity index (χ1n) is 8.07. The van der Waals surface area contributed by atoms with Gasteiger partial charge in [-0.05, 0) is 71.6 Å². The van der Waals surface area contributed by atoms with Crippen molar-refractivity contribution in [3.05, 3.63) is 34.1 Å². The molecule has 0 aliphatic carbocycles. The van der Waals surface area contributed by atoms with Gasteiger partial charge in [-0.25, -0.2) is 4.39 Å².